The molecule has 1 heterocycles. The van der Waals surface area contributed by atoms with Crippen molar-refractivity contribution in [3.05, 3.63) is 58.9 Å². The quantitative estimate of drug-likeness (QED) is 0.674. The molecule has 1 aromatic carbocycles. The van der Waals surface area contributed by atoms with Crippen LogP contribution < -0.4 is 5.32 Å². The van der Waals surface area contributed by atoms with Gasteiger partial charge in [-0.05, 0) is 42.5 Å². The molecule has 25 heavy (non-hydrogen) atoms. The maximum Gasteiger partial charge on any atom is 0.416 e. The van der Waals surface area contributed by atoms with Gasteiger partial charge in [-0.1, -0.05) is 17.7 Å². The second kappa shape index (κ2) is 9.10. The summed E-state index contributed by atoms with van der Waals surface area (Å²) in [5.74, 6) is 1.01. The monoisotopic (exact) mass is 388 g/mol. The van der Waals surface area contributed by atoms with Crippen LogP contribution in [0.1, 0.15) is 17.7 Å². The van der Waals surface area contributed by atoms with Crippen molar-refractivity contribution in [2.75, 3.05) is 16.8 Å². The second-order valence-electron chi connectivity index (χ2n) is 5.17. The number of aromatic nitrogens is 1. The minimum Gasteiger partial charge on any atom is -0.325 e. The standard InChI is InChI=1S/C17H16ClF3N2OS/c18-14-5-4-12(17(19,20)21)11-15(14)23-16(24)7-10-25-9-6-13-3-1-2-8-22-13/h1-5,8,11H,6-7,9-10H2,(H,23,24). The lowest BCUT2D eigenvalue weighted by atomic mass is 10.2. The number of nitrogens with zero attached hydrogens (tertiary/aromatic N) is 1. The first-order valence-corrected chi connectivity index (χ1v) is 9.04. The minimum absolute atomic E-state index is 0.0278. The highest BCUT2D eigenvalue weighted by Gasteiger charge is 2.31. The molecule has 2 aromatic rings. The molecule has 0 fully saturated rings. The van der Waals surface area contributed by atoms with Crippen molar-refractivity contribution >= 4 is 35.0 Å². The summed E-state index contributed by atoms with van der Waals surface area (Å²) in [6, 6.07) is 8.55. The SMILES string of the molecule is O=C(CCSCCc1ccccn1)Nc1cc(C(F)(F)F)ccc1Cl. The Morgan fingerprint density at radius 2 is 2.00 bits per heavy atom. The summed E-state index contributed by atoms with van der Waals surface area (Å²) in [7, 11) is 0. The number of nitrogens with one attached hydrogen (secondary N) is 1. The van der Waals surface area contributed by atoms with Crippen LogP contribution in [0.3, 0.4) is 0 Å². The fourth-order valence-corrected chi connectivity index (χ4v) is 3.05. The Morgan fingerprint density at radius 1 is 1.20 bits per heavy atom. The predicted molar refractivity (Wildman–Crippen MR) is 95.0 cm³/mol. The summed E-state index contributed by atoms with van der Waals surface area (Å²) in [5.41, 5.74) is 0.104. The topological polar surface area (TPSA) is 42.0 Å². The molecule has 1 aromatic heterocycles. The molecule has 0 radical (unpaired) electrons. The highest BCUT2D eigenvalue weighted by atomic mass is 35.5. The molecular formula is C17H16ClF3N2OS. The van der Waals surface area contributed by atoms with Crippen LogP contribution in [0.25, 0.3) is 0 Å². The molecule has 1 N–H and O–H groups in total. The molecule has 1 amide bonds. The summed E-state index contributed by atoms with van der Waals surface area (Å²) in [6.45, 7) is 0. The zero-order valence-electron chi connectivity index (χ0n) is 13.1. The predicted octanol–water partition coefficient (Wildman–Crippen LogP) is 5.06. The van der Waals surface area contributed by atoms with Crippen LogP contribution in [-0.4, -0.2) is 22.4 Å². The minimum atomic E-state index is -4.48. The van der Waals surface area contributed by atoms with Crippen LogP contribution in [0.15, 0.2) is 42.6 Å². The number of alkyl halides is 3. The fraction of sp³-hybridized carbons (Fsp3) is 0.294. The molecule has 2 rings (SSSR count). The average molecular weight is 389 g/mol. The van der Waals surface area contributed by atoms with Crippen molar-refractivity contribution in [3.8, 4) is 0 Å². The van der Waals surface area contributed by atoms with Crippen molar-refractivity contribution in [1.29, 1.82) is 0 Å². The number of thioether (sulfide) groups is 1. The van der Waals surface area contributed by atoms with E-state index in [1.54, 1.807) is 18.0 Å². The van der Waals surface area contributed by atoms with Gasteiger partial charge in [-0.15, -0.1) is 0 Å². The third kappa shape index (κ3) is 6.59. The maximum absolute atomic E-state index is 12.7. The van der Waals surface area contributed by atoms with E-state index in [-0.39, 0.29) is 23.0 Å². The molecule has 0 saturated carbocycles. The maximum atomic E-state index is 12.7. The van der Waals surface area contributed by atoms with Gasteiger partial charge in [-0.3, -0.25) is 9.78 Å². The van der Waals surface area contributed by atoms with E-state index in [1.807, 2.05) is 18.2 Å². The van der Waals surface area contributed by atoms with E-state index in [2.05, 4.69) is 10.3 Å². The molecule has 134 valence electrons. The van der Waals surface area contributed by atoms with Gasteiger partial charge in [-0.25, -0.2) is 0 Å². The molecule has 0 aliphatic rings. The summed E-state index contributed by atoms with van der Waals surface area (Å²) in [4.78, 5) is 16.1. The molecular weight excluding hydrogens is 373 g/mol. The molecule has 0 atom stereocenters. The van der Waals surface area contributed by atoms with E-state index in [9.17, 15) is 18.0 Å². The Labute approximate surface area is 153 Å². The average Bonchev–Trinajstić information content (AvgIpc) is 2.56. The lowest BCUT2D eigenvalue weighted by Gasteiger charge is -2.11. The first kappa shape index (κ1) is 19.6. The van der Waals surface area contributed by atoms with Gasteiger partial charge in [0.15, 0.2) is 0 Å². The molecule has 0 bridgehead atoms. The van der Waals surface area contributed by atoms with E-state index in [0.29, 0.717) is 5.75 Å². The number of carbonyl (C=O) groups is 1. The molecule has 0 spiro atoms. The Bertz CT molecular complexity index is 711. The molecule has 0 saturated heterocycles. The largest absolute Gasteiger partial charge is 0.416 e. The third-order valence-corrected chi connectivity index (χ3v) is 4.59. The van der Waals surface area contributed by atoms with E-state index in [0.717, 1.165) is 36.1 Å². The van der Waals surface area contributed by atoms with Gasteiger partial charge in [0, 0.05) is 24.1 Å². The Morgan fingerprint density at radius 3 is 2.68 bits per heavy atom. The number of hydrogen-bond acceptors (Lipinski definition) is 3. The first-order valence-electron chi connectivity index (χ1n) is 7.50. The number of aryl methyl sites for hydroxylation is 1. The Hall–Kier alpha value is -1.73. The summed E-state index contributed by atoms with van der Waals surface area (Å²) in [5, 5.41) is 2.51. The van der Waals surface area contributed by atoms with Crippen molar-refractivity contribution in [3.63, 3.8) is 0 Å². The van der Waals surface area contributed by atoms with E-state index < -0.39 is 11.7 Å². The summed E-state index contributed by atoms with van der Waals surface area (Å²) >= 11 is 7.43. The Balaban J connectivity index is 1.77. The van der Waals surface area contributed by atoms with Gasteiger partial charge in [0.1, 0.15) is 0 Å². The Kier molecular flexibility index (Phi) is 7.13. The van der Waals surface area contributed by atoms with Crippen LogP contribution >= 0.6 is 23.4 Å². The smallest absolute Gasteiger partial charge is 0.325 e. The van der Waals surface area contributed by atoms with Crippen LogP contribution in [0.5, 0.6) is 0 Å². The van der Waals surface area contributed by atoms with E-state index in [4.69, 9.17) is 11.6 Å². The van der Waals surface area contributed by atoms with Gasteiger partial charge in [0.05, 0.1) is 16.3 Å². The number of carbonyl (C=O) groups excluding carboxylic acids is 1. The molecule has 0 aliphatic heterocycles. The number of amides is 1. The van der Waals surface area contributed by atoms with Gasteiger partial charge in [0.25, 0.3) is 0 Å². The van der Waals surface area contributed by atoms with Gasteiger partial charge in [-0.2, -0.15) is 24.9 Å². The van der Waals surface area contributed by atoms with Crippen molar-refractivity contribution in [2.24, 2.45) is 0 Å². The van der Waals surface area contributed by atoms with Gasteiger partial charge < -0.3 is 5.32 Å². The highest BCUT2D eigenvalue weighted by Crippen LogP contribution is 2.33. The molecule has 0 unspecified atom stereocenters. The van der Waals surface area contributed by atoms with E-state index in [1.165, 1.54) is 0 Å². The van der Waals surface area contributed by atoms with Crippen LogP contribution in [0.2, 0.25) is 5.02 Å². The third-order valence-electron chi connectivity index (χ3n) is 3.27. The molecule has 0 aliphatic carbocycles. The lowest BCUT2D eigenvalue weighted by molar-refractivity contribution is -0.137. The number of hydrogen-bond donors (Lipinski definition) is 1. The van der Waals surface area contributed by atoms with Crippen LogP contribution in [0, 0.1) is 0 Å². The van der Waals surface area contributed by atoms with E-state index >= 15 is 0 Å². The highest BCUT2D eigenvalue weighted by molar-refractivity contribution is 7.99. The lowest BCUT2D eigenvalue weighted by Crippen LogP contribution is -2.14. The summed E-state index contributed by atoms with van der Waals surface area (Å²) < 4.78 is 38.1. The van der Waals surface area contributed by atoms with Crippen LogP contribution in [0.4, 0.5) is 18.9 Å². The number of halogens is 4. The number of pyridine rings is 1. The fourth-order valence-electron chi connectivity index (χ4n) is 2.00. The normalized spacial score (nSPS) is 11.4. The van der Waals surface area contributed by atoms with Crippen molar-refractivity contribution in [2.45, 2.75) is 19.0 Å². The number of rotatable bonds is 7. The second-order valence-corrected chi connectivity index (χ2v) is 6.81. The zero-order valence-corrected chi connectivity index (χ0v) is 14.7. The van der Waals surface area contributed by atoms with Gasteiger partial charge >= 0.3 is 6.18 Å². The van der Waals surface area contributed by atoms with Crippen molar-refractivity contribution in [1.82, 2.24) is 4.98 Å². The molecule has 8 heteroatoms. The first-order chi connectivity index (χ1) is 11.9. The number of benzene rings is 1. The number of anilines is 1. The summed E-state index contributed by atoms with van der Waals surface area (Å²) in [6.07, 6.45) is -1.76. The van der Waals surface area contributed by atoms with Crippen molar-refractivity contribution < 1.29 is 18.0 Å². The molecule has 3 nitrogen and oxygen atoms in total. The zero-order chi connectivity index (χ0) is 18.3. The van der Waals surface area contributed by atoms with Crippen LogP contribution in [-0.2, 0) is 17.4 Å². The van der Waals surface area contributed by atoms with Gasteiger partial charge in [0.2, 0.25) is 5.91 Å².